The van der Waals surface area contributed by atoms with Crippen LogP contribution in [0.1, 0.15) is 24.8 Å². The van der Waals surface area contributed by atoms with Crippen LogP contribution in [0, 0.1) is 0 Å². The highest BCUT2D eigenvalue weighted by atomic mass is 79.9. The van der Waals surface area contributed by atoms with Crippen molar-refractivity contribution in [2.24, 2.45) is 5.73 Å². The molecule has 1 atom stereocenters. The van der Waals surface area contributed by atoms with Gasteiger partial charge in [0, 0.05) is 0 Å². The molecule has 1 amide bonds. The number of rotatable bonds is 8. The smallest absolute Gasteiger partial charge is 0.409 e. The predicted molar refractivity (Wildman–Crippen MR) is 82.0 cm³/mol. The summed E-state index contributed by atoms with van der Waals surface area (Å²) in [6.45, 7) is 0.555. The van der Waals surface area contributed by atoms with Gasteiger partial charge in [-0.25, -0.2) is 9.59 Å². The summed E-state index contributed by atoms with van der Waals surface area (Å²) in [5.74, 6) is -1.17. The topological polar surface area (TPSA) is 102 Å². The number of unbranched alkanes of at least 4 members (excludes halogenated alkanes) is 1. The summed E-state index contributed by atoms with van der Waals surface area (Å²) in [6, 6.07) is 9.14. The van der Waals surface area contributed by atoms with Gasteiger partial charge in [0.1, 0.15) is 6.61 Å². The largest absolute Gasteiger partial charge is 0.479 e. The number of carboxylic acids is 1. The predicted octanol–water partition coefficient (Wildman–Crippen LogP) is 2.22. The zero-order chi connectivity index (χ0) is 15.7. The van der Waals surface area contributed by atoms with Crippen LogP contribution in [0.25, 0.3) is 0 Å². The van der Waals surface area contributed by atoms with Crippen molar-refractivity contribution in [3.05, 3.63) is 35.9 Å². The van der Waals surface area contributed by atoms with Crippen molar-refractivity contribution >= 4 is 28.0 Å². The molecule has 1 rings (SSSR count). The molecule has 7 heteroatoms. The molecule has 0 bridgehead atoms. The lowest BCUT2D eigenvalue weighted by Crippen LogP contribution is -2.49. The Morgan fingerprint density at radius 2 is 1.95 bits per heavy atom. The molecule has 116 valence electrons. The first-order chi connectivity index (χ1) is 9.98. The van der Waals surface area contributed by atoms with Crippen molar-refractivity contribution in [3.63, 3.8) is 0 Å². The molecule has 4 N–H and O–H groups in total. The van der Waals surface area contributed by atoms with Crippen LogP contribution in [0.5, 0.6) is 0 Å². The first kappa shape index (κ1) is 17.5. The van der Waals surface area contributed by atoms with Crippen molar-refractivity contribution < 1.29 is 19.4 Å². The number of benzene rings is 1. The highest BCUT2D eigenvalue weighted by Gasteiger charge is 2.37. The van der Waals surface area contributed by atoms with Gasteiger partial charge in [-0.1, -0.05) is 30.3 Å². The van der Waals surface area contributed by atoms with Crippen LogP contribution in [0.15, 0.2) is 30.3 Å². The van der Waals surface area contributed by atoms with E-state index in [4.69, 9.17) is 10.5 Å². The molecule has 0 aliphatic rings. The van der Waals surface area contributed by atoms with Gasteiger partial charge in [-0.05, 0) is 47.3 Å². The molecule has 0 fully saturated rings. The maximum absolute atomic E-state index is 11.7. The number of hydrogen-bond acceptors (Lipinski definition) is 4. The Bertz CT molecular complexity index is 469. The van der Waals surface area contributed by atoms with Crippen LogP contribution >= 0.6 is 15.9 Å². The zero-order valence-corrected chi connectivity index (χ0v) is 13.1. The fraction of sp³-hybridized carbons (Fsp3) is 0.429. The highest BCUT2D eigenvalue weighted by Crippen LogP contribution is 2.22. The van der Waals surface area contributed by atoms with E-state index in [0.717, 1.165) is 5.56 Å². The quantitative estimate of drug-likeness (QED) is 0.375. The Labute approximate surface area is 131 Å². The fourth-order valence-electron chi connectivity index (χ4n) is 1.66. The summed E-state index contributed by atoms with van der Waals surface area (Å²) < 4.78 is 3.48. The second kappa shape index (κ2) is 8.63. The number of amides is 1. The van der Waals surface area contributed by atoms with E-state index in [2.05, 4.69) is 21.2 Å². The van der Waals surface area contributed by atoms with Crippen LogP contribution in [0.4, 0.5) is 4.79 Å². The monoisotopic (exact) mass is 358 g/mol. The summed E-state index contributed by atoms with van der Waals surface area (Å²) >= 11 is 3.05. The third-order valence-corrected chi connectivity index (χ3v) is 3.76. The fourth-order valence-corrected chi connectivity index (χ4v) is 2.10. The molecule has 0 aromatic heterocycles. The van der Waals surface area contributed by atoms with Gasteiger partial charge in [-0.3, -0.25) is 5.32 Å². The van der Waals surface area contributed by atoms with E-state index in [1.54, 1.807) is 0 Å². The molecule has 6 nitrogen and oxygen atoms in total. The minimum absolute atomic E-state index is 0.0815. The number of carboxylic acid groups (broad SMARTS) is 1. The van der Waals surface area contributed by atoms with Crippen molar-refractivity contribution in [3.8, 4) is 0 Å². The first-order valence-electron chi connectivity index (χ1n) is 6.59. The average Bonchev–Trinajstić information content (AvgIpc) is 2.46. The van der Waals surface area contributed by atoms with Crippen molar-refractivity contribution in [1.82, 2.24) is 5.32 Å². The Hall–Kier alpha value is -1.60. The number of carbonyl (C=O) groups excluding carboxylic acids is 1. The van der Waals surface area contributed by atoms with Gasteiger partial charge in [0.25, 0.3) is 0 Å². The molecular weight excluding hydrogens is 340 g/mol. The number of carbonyl (C=O) groups is 2. The molecule has 0 aliphatic carbocycles. The zero-order valence-electron chi connectivity index (χ0n) is 11.5. The van der Waals surface area contributed by atoms with Crippen LogP contribution in [-0.2, 0) is 16.1 Å². The van der Waals surface area contributed by atoms with E-state index in [-0.39, 0.29) is 13.0 Å². The summed E-state index contributed by atoms with van der Waals surface area (Å²) in [7, 11) is 0. The number of aliphatic carboxylic acids is 1. The second-order valence-electron chi connectivity index (χ2n) is 4.54. The van der Waals surface area contributed by atoms with Gasteiger partial charge >= 0.3 is 12.1 Å². The van der Waals surface area contributed by atoms with E-state index in [1.165, 1.54) is 0 Å². The van der Waals surface area contributed by atoms with E-state index in [9.17, 15) is 14.7 Å². The Kier molecular flexibility index (Phi) is 7.18. The standard InChI is InChI=1S/C14H19BrN2O4/c15-14(12(18)19,8-4-5-9-16)17-13(20)21-10-11-6-2-1-3-7-11/h1-3,6-7H,4-5,8-10,16H2,(H,17,20)(H,18,19)/t14-/m0/s1. The number of nitrogens with one attached hydrogen (secondary N) is 1. The van der Waals surface area contributed by atoms with Crippen LogP contribution in [0.3, 0.4) is 0 Å². The minimum Gasteiger partial charge on any atom is -0.479 e. The lowest BCUT2D eigenvalue weighted by Gasteiger charge is -2.23. The van der Waals surface area contributed by atoms with E-state index in [1.807, 2.05) is 30.3 Å². The summed E-state index contributed by atoms with van der Waals surface area (Å²) in [4.78, 5) is 23.0. The van der Waals surface area contributed by atoms with Crippen molar-refractivity contribution in [2.45, 2.75) is 30.3 Å². The minimum atomic E-state index is -1.53. The molecule has 0 heterocycles. The van der Waals surface area contributed by atoms with Crippen LogP contribution in [0.2, 0.25) is 0 Å². The highest BCUT2D eigenvalue weighted by molar-refractivity contribution is 9.10. The summed E-state index contributed by atoms with van der Waals surface area (Å²) in [5.41, 5.74) is 6.20. The van der Waals surface area contributed by atoms with E-state index in [0.29, 0.717) is 19.4 Å². The van der Waals surface area contributed by atoms with Gasteiger partial charge in [0.05, 0.1) is 0 Å². The second-order valence-corrected chi connectivity index (χ2v) is 5.89. The molecule has 1 aromatic carbocycles. The van der Waals surface area contributed by atoms with E-state index >= 15 is 0 Å². The normalized spacial score (nSPS) is 13.2. The summed E-state index contributed by atoms with van der Waals surface area (Å²) in [6.07, 6.45) is 0.694. The first-order valence-corrected chi connectivity index (χ1v) is 7.38. The van der Waals surface area contributed by atoms with Crippen LogP contribution < -0.4 is 11.1 Å². The molecule has 0 saturated heterocycles. The SMILES string of the molecule is NCCCC[C@](Br)(NC(=O)OCc1ccccc1)C(=O)O. The number of halogens is 1. The van der Waals surface area contributed by atoms with Gasteiger partial charge in [0.15, 0.2) is 4.45 Å². The summed E-state index contributed by atoms with van der Waals surface area (Å²) in [5, 5.41) is 11.6. The molecule has 0 saturated carbocycles. The molecule has 21 heavy (non-hydrogen) atoms. The number of nitrogens with two attached hydrogens (primary N) is 1. The lowest BCUT2D eigenvalue weighted by atomic mass is 10.1. The van der Waals surface area contributed by atoms with E-state index < -0.39 is 16.5 Å². The molecular formula is C14H19BrN2O4. The van der Waals surface area contributed by atoms with Crippen molar-refractivity contribution in [2.75, 3.05) is 6.54 Å². The maximum Gasteiger partial charge on any atom is 0.409 e. The Morgan fingerprint density at radius 1 is 1.29 bits per heavy atom. The van der Waals surface area contributed by atoms with Gasteiger partial charge < -0.3 is 15.6 Å². The lowest BCUT2D eigenvalue weighted by molar-refractivity contribution is -0.140. The third kappa shape index (κ3) is 6.14. The number of ether oxygens (including phenoxy) is 1. The van der Waals surface area contributed by atoms with Crippen LogP contribution in [-0.4, -0.2) is 28.2 Å². The number of alkyl halides is 1. The molecule has 0 aliphatic heterocycles. The maximum atomic E-state index is 11.7. The Morgan fingerprint density at radius 3 is 2.52 bits per heavy atom. The molecule has 1 aromatic rings. The molecule has 0 spiro atoms. The molecule has 0 radical (unpaired) electrons. The van der Waals surface area contributed by atoms with Crippen molar-refractivity contribution in [1.29, 1.82) is 0 Å². The van der Waals surface area contributed by atoms with Gasteiger partial charge in [0.2, 0.25) is 0 Å². The molecule has 0 unspecified atom stereocenters. The third-order valence-electron chi connectivity index (χ3n) is 2.83. The van der Waals surface area contributed by atoms with Gasteiger partial charge in [-0.2, -0.15) is 0 Å². The Balaban J connectivity index is 2.50. The average molecular weight is 359 g/mol. The van der Waals surface area contributed by atoms with Gasteiger partial charge in [-0.15, -0.1) is 0 Å². The number of alkyl carbamates (subject to hydrolysis) is 1. The number of hydrogen-bond donors (Lipinski definition) is 3.